The van der Waals surface area contributed by atoms with E-state index in [1.807, 2.05) is 47.5 Å². The molecule has 1 aromatic heterocycles. The number of aryl methyl sites for hydroxylation is 2. The summed E-state index contributed by atoms with van der Waals surface area (Å²) in [6.45, 7) is 6.15. The molecule has 2 aliphatic rings. The molecule has 0 bridgehead atoms. The molecule has 4 nitrogen and oxygen atoms in total. The van der Waals surface area contributed by atoms with Gasteiger partial charge in [-0.3, -0.25) is 9.59 Å². The number of nitrogens with zero attached hydrogens (tertiary/aromatic N) is 1. The van der Waals surface area contributed by atoms with Gasteiger partial charge >= 0.3 is 0 Å². The molecule has 2 fully saturated rings. The Labute approximate surface area is 158 Å². The van der Waals surface area contributed by atoms with Gasteiger partial charge in [-0.1, -0.05) is 12.1 Å². The van der Waals surface area contributed by atoms with Crippen molar-refractivity contribution in [3.8, 4) is 0 Å². The first kappa shape index (κ1) is 17.3. The van der Waals surface area contributed by atoms with E-state index in [1.54, 1.807) is 11.3 Å². The summed E-state index contributed by atoms with van der Waals surface area (Å²) >= 11 is 1.66. The van der Waals surface area contributed by atoms with Gasteiger partial charge in [0.15, 0.2) is 0 Å². The van der Waals surface area contributed by atoms with Gasteiger partial charge < -0.3 is 10.2 Å². The summed E-state index contributed by atoms with van der Waals surface area (Å²) in [4.78, 5) is 28.4. The largest absolute Gasteiger partial charge is 0.351 e. The summed E-state index contributed by atoms with van der Waals surface area (Å²) in [6, 6.07) is 9.92. The Bertz CT molecular complexity index is 846. The molecule has 2 unspecified atom stereocenters. The maximum atomic E-state index is 12.8. The molecule has 2 heterocycles. The highest BCUT2D eigenvalue weighted by atomic mass is 32.1. The Morgan fingerprint density at radius 2 is 2.12 bits per heavy atom. The van der Waals surface area contributed by atoms with Gasteiger partial charge in [-0.05, 0) is 61.4 Å². The molecule has 136 valence electrons. The van der Waals surface area contributed by atoms with E-state index in [0.29, 0.717) is 13.1 Å². The van der Waals surface area contributed by atoms with Crippen LogP contribution < -0.4 is 5.32 Å². The average Bonchev–Trinajstić information content (AvgIpc) is 2.98. The molecule has 2 aromatic rings. The molecule has 26 heavy (non-hydrogen) atoms. The number of rotatable bonds is 4. The van der Waals surface area contributed by atoms with Crippen molar-refractivity contribution >= 4 is 23.2 Å². The van der Waals surface area contributed by atoms with E-state index >= 15 is 0 Å². The molecule has 1 aromatic carbocycles. The molecule has 1 spiro atoms. The zero-order valence-electron chi connectivity index (χ0n) is 15.2. The van der Waals surface area contributed by atoms with E-state index in [4.69, 9.17) is 0 Å². The number of carbonyl (C=O) groups is 2. The van der Waals surface area contributed by atoms with E-state index in [2.05, 4.69) is 12.2 Å². The average molecular weight is 369 g/mol. The van der Waals surface area contributed by atoms with Crippen molar-refractivity contribution in [2.45, 2.75) is 33.2 Å². The fraction of sp³-hybridized carbons (Fsp3) is 0.429. The van der Waals surface area contributed by atoms with E-state index in [0.717, 1.165) is 30.5 Å². The lowest BCUT2D eigenvalue weighted by atomic mass is 10.0. The normalized spacial score (nSPS) is 24.1. The highest BCUT2D eigenvalue weighted by Gasteiger charge is 2.61. The summed E-state index contributed by atoms with van der Waals surface area (Å²) in [5, 5.41) is 5.08. The maximum absolute atomic E-state index is 12.8. The van der Waals surface area contributed by atoms with Crippen LogP contribution in [0.25, 0.3) is 0 Å². The van der Waals surface area contributed by atoms with Crippen LogP contribution in [0.15, 0.2) is 35.7 Å². The van der Waals surface area contributed by atoms with Gasteiger partial charge in [0.2, 0.25) is 5.91 Å². The maximum Gasteiger partial charge on any atom is 0.253 e. The summed E-state index contributed by atoms with van der Waals surface area (Å²) in [6.07, 6.45) is 1.83. The van der Waals surface area contributed by atoms with Crippen LogP contribution in [-0.2, 0) is 11.3 Å². The molecule has 4 rings (SSSR count). The van der Waals surface area contributed by atoms with Gasteiger partial charge in [-0.2, -0.15) is 0 Å². The van der Waals surface area contributed by atoms with Crippen molar-refractivity contribution < 1.29 is 9.59 Å². The molecule has 5 heteroatoms. The van der Waals surface area contributed by atoms with Crippen molar-refractivity contribution in [2.24, 2.45) is 11.3 Å². The minimum Gasteiger partial charge on any atom is -0.351 e. The third kappa shape index (κ3) is 3.16. The first-order chi connectivity index (χ1) is 12.5. The van der Waals surface area contributed by atoms with Crippen molar-refractivity contribution in [2.75, 3.05) is 13.1 Å². The Kier molecular flexibility index (Phi) is 4.35. The molecule has 1 saturated heterocycles. The molecule has 0 radical (unpaired) electrons. The van der Waals surface area contributed by atoms with Gasteiger partial charge in [0.25, 0.3) is 5.91 Å². The minimum absolute atomic E-state index is 0.00886. The Balaban J connectivity index is 1.35. The summed E-state index contributed by atoms with van der Waals surface area (Å²) in [5.74, 6) is 0.286. The highest BCUT2D eigenvalue weighted by Crippen LogP contribution is 2.58. The van der Waals surface area contributed by atoms with Crippen molar-refractivity contribution in [1.29, 1.82) is 0 Å². The van der Waals surface area contributed by atoms with Gasteiger partial charge in [-0.15, -0.1) is 11.3 Å². The topological polar surface area (TPSA) is 49.4 Å². The SMILES string of the molecule is Cc1ccc(C(=O)N2CCC3(CC3C(=O)NCc3cccs3)C2)cc1C. The second-order valence-electron chi connectivity index (χ2n) is 7.69. The van der Waals surface area contributed by atoms with Crippen LogP contribution in [0.4, 0.5) is 0 Å². The molecular weight excluding hydrogens is 344 g/mol. The van der Waals surface area contributed by atoms with Crippen LogP contribution >= 0.6 is 11.3 Å². The number of hydrogen-bond donors (Lipinski definition) is 1. The number of amides is 2. The van der Waals surface area contributed by atoms with Crippen LogP contribution in [0, 0.1) is 25.2 Å². The van der Waals surface area contributed by atoms with E-state index in [1.165, 1.54) is 10.4 Å². The number of benzene rings is 1. The highest BCUT2D eigenvalue weighted by molar-refractivity contribution is 7.09. The first-order valence-electron chi connectivity index (χ1n) is 9.15. The van der Waals surface area contributed by atoms with Crippen LogP contribution in [0.3, 0.4) is 0 Å². The Morgan fingerprint density at radius 3 is 2.85 bits per heavy atom. The van der Waals surface area contributed by atoms with Crippen molar-refractivity contribution in [3.63, 3.8) is 0 Å². The van der Waals surface area contributed by atoms with Crippen molar-refractivity contribution in [3.05, 3.63) is 57.3 Å². The molecular formula is C21H24N2O2S. The zero-order chi connectivity index (χ0) is 18.3. The molecule has 1 N–H and O–H groups in total. The number of likely N-dealkylation sites (tertiary alicyclic amines) is 1. The molecule has 2 amide bonds. The number of hydrogen-bond acceptors (Lipinski definition) is 3. The number of carbonyl (C=O) groups excluding carboxylic acids is 2. The molecule has 1 aliphatic heterocycles. The fourth-order valence-corrected chi connectivity index (χ4v) is 4.65. The molecule has 2 atom stereocenters. The Morgan fingerprint density at radius 1 is 1.27 bits per heavy atom. The molecule has 1 aliphatic carbocycles. The first-order valence-corrected chi connectivity index (χ1v) is 10.0. The standard InChI is InChI=1S/C21H24N2O2S/c1-14-5-6-16(10-15(14)2)20(25)23-8-7-21(13-23)11-18(21)19(24)22-12-17-4-3-9-26-17/h3-6,9-10,18H,7-8,11-13H2,1-2H3,(H,22,24). The third-order valence-corrected chi connectivity index (χ3v) is 6.83. The van der Waals surface area contributed by atoms with Crippen molar-refractivity contribution in [1.82, 2.24) is 10.2 Å². The molecule has 1 saturated carbocycles. The second kappa shape index (κ2) is 6.54. The summed E-state index contributed by atoms with van der Waals surface area (Å²) in [5.41, 5.74) is 3.10. The van der Waals surface area contributed by atoms with Gasteiger partial charge in [0.1, 0.15) is 0 Å². The van der Waals surface area contributed by atoms with Crippen LogP contribution in [-0.4, -0.2) is 29.8 Å². The number of thiophene rings is 1. The minimum atomic E-state index is 0.00886. The predicted octanol–water partition coefficient (Wildman–Crippen LogP) is 3.53. The lowest BCUT2D eigenvalue weighted by molar-refractivity contribution is -0.123. The monoisotopic (exact) mass is 368 g/mol. The summed E-state index contributed by atoms with van der Waals surface area (Å²) in [7, 11) is 0. The summed E-state index contributed by atoms with van der Waals surface area (Å²) < 4.78 is 0. The number of nitrogens with one attached hydrogen (secondary N) is 1. The van der Waals surface area contributed by atoms with E-state index in [9.17, 15) is 9.59 Å². The van der Waals surface area contributed by atoms with Gasteiger partial charge in [-0.25, -0.2) is 0 Å². The van der Waals surface area contributed by atoms with E-state index < -0.39 is 0 Å². The van der Waals surface area contributed by atoms with E-state index in [-0.39, 0.29) is 23.1 Å². The smallest absolute Gasteiger partial charge is 0.253 e. The quantitative estimate of drug-likeness (QED) is 0.897. The predicted molar refractivity (Wildman–Crippen MR) is 103 cm³/mol. The van der Waals surface area contributed by atoms with Crippen LogP contribution in [0.5, 0.6) is 0 Å². The van der Waals surface area contributed by atoms with Gasteiger partial charge in [0, 0.05) is 34.9 Å². The second-order valence-corrected chi connectivity index (χ2v) is 8.72. The van der Waals surface area contributed by atoms with Crippen LogP contribution in [0.2, 0.25) is 0 Å². The van der Waals surface area contributed by atoms with Crippen LogP contribution in [0.1, 0.15) is 39.2 Å². The zero-order valence-corrected chi connectivity index (χ0v) is 16.1. The fourth-order valence-electron chi connectivity index (χ4n) is 4.01. The Hall–Kier alpha value is -2.14. The lowest BCUT2D eigenvalue weighted by Crippen LogP contribution is -2.31. The lowest BCUT2D eigenvalue weighted by Gasteiger charge is -2.17. The third-order valence-electron chi connectivity index (χ3n) is 5.95. The van der Waals surface area contributed by atoms with Gasteiger partial charge in [0.05, 0.1) is 6.54 Å².